The van der Waals surface area contributed by atoms with Crippen LogP contribution in [0.4, 0.5) is 4.39 Å². The van der Waals surface area contributed by atoms with Crippen LogP contribution in [-0.2, 0) is 13.2 Å². The largest absolute Gasteiger partial charge is 0.489 e. The third-order valence-corrected chi connectivity index (χ3v) is 6.54. The van der Waals surface area contributed by atoms with Gasteiger partial charge in [-0.15, -0.1) is 11.3 Å². The van der Waals surface area contributed by atoms with Crippen LogP contribution in [0.25, 0.3) is 0 Å². The fourth-order valence-electron chi connectivity index (χ4n) is 3.86. The summed E-state index contributed by atoms with van der Waals surface area (Å²) in [7, 11) is 0. The second-order valence-electron chi connectivity index (χ2n) is 7.82. The zero-order chi connectivity index (χ0) is 21.9. The first kappa shape index (κ1) is 20.8. The van der Waals surface area contributed by atoms with Gasteiger partial charge >= 0.3 is 0 Å². The van der Waals surface area contributed by atoms with Crippen molar-refractivity contribution in [2.75, 3.05) is 33.0 Å². The lowest BCUT2D eigenvalue weighted by Gasteiger charge is -2.34. The monoisotopic (exact) mass is 454 g/mol. The van der Waals surface area contributed by atoms with E-state index in [-0.39, 0.29) is 18.5 Å². The molecule has 3 aromatic rings. The Morgan fingerprint density at radius 1 is 1.00 bits per heavy atom. The zero-order valence-corrected chi connectivity index (χ0v) is 18.3. The number of rotatable bonds is 6. The predicted molar refractivity (Wildman–Crippen MR) is 119 cm³/mol. The van der Waals surface area contributed by atoms with E-state index in [0.29, 0.717) is 42.6 Å². The average Bonchev–Trinajstić information content (AvgIpc) is 3.47. The topological polar surface area (TPSA) is 51.2 Å². The Kier molecular flexibility index (Phi) is 5.96. The number of piperazine rings is 1. The van der Waals surface area contributed by atoms with Crippen LogP contribution in [0.3, 0.4) is 0 Å². The van der Waals surface area contributed by atoms with Gasteiger partial charge in [-0.3, -0.25) is 9.69 Å². The van der Waals surface area contributed by atoms with Gasteiger partial charge < -0.3 is 19.1 Å². The molecule has 1 amide bonds. The summed E-state index contributed by atoms with van der Waals surface area (Å²) < 4.78 is 29.9. The van der Waals surface area contributed by atoms with Crippen molar-refractivity contribution in [3.63, 3.8) is 0 Å². The molecule has 3 heterocycles. The second-order valence-corrected chi connectivity index (χ2v) is 8.73. The zero-order valence-electron chi connectivity index (χ0n) is 17.5. The van der Waals surface area contributed by atoms with E-state index in [9.17, 15) is 9.18 Å². The molecule has 1 saturated heterocycles. The number of hydrogen-bond acceptors (Lipinski definition) is 6. The standard InChI is InChI=1S/C24H23FN2O4S/c25-19-3-1-2-17(10-19)13-26-6-8-27(9-7-26)24(28)23-11-18(15-32-23)14-29-20-4-5-21-22(12-20)31-16-30-21/h1-5,10-12,15H,6-9,13-14,16H2. The summed E-state index contributed by atoms with van der Waals surface area (Å²) in [5.74, 6) is 1.93. The summed E-state index contributed by atoms with van der Waals surface area (Å²) in [6.07, 6.45) is 0. The summed E-state index contributed by atoms with van der Waals surface area (Å²) in [5, 5.41) is 1.96. The molecule has 1 aromatic heterocycles. The van der Waals surface area contributed by atoms with Gasteiger partial charge in [0, 0.05) is 44.4 Å². The highest BCUT2D eigenvalue weighted by molar-refractivity contribution is 7.12. The van der Waals surface area contributed by atoms with Crippen molar-refractivity contribution < 1.29 is 23.4 Å². The maximum atomic E-state index is 13.4. The first-order valence-electron chi connectivity index (χ1n) is 10.5. The molecule has 166 valence electrons. The van der Waals surface area contributed by atoms with Gasteiger partial charge in [0.05, 0.1) is 4.88 Å². The lowest BCUT2D eigenvalue weighted by Crippen LogP contribution is -2.48. The summed E-state index contributed by atoms with van der Waals surface area (Å²) in [4.78, 5) is 17.8. The molecule has 6 nitrogen and oxygen atoms in total. The van der Waals surface area contributed by atoms with Crippen molar-refractivity contribution in [3.8, 4) is 17.2 Å². The molecule has 0 N–H and O–H groups in total. The van der Waals surface area contributed by atoms with Crippen molar-refractivity contribution in [3.05, 3.63) is 75.7 Å². The Bertz CT molecular complexity index is 1110. The van der Waals surface area contributed by atoms with Crippen LogP contribution in [-0.4, -0.2) is 48.7 Å². The molecule has 0 atom stereocenters. The molecule has 2 aliphatic rings. The SMILES string of the molecule is O=C(c1cc(COc2ccc3c(c2)OCO3)cs1)N1CCN(Cc2cccc(F)c2)CC1. The molecule has 5 rings (SSSR count). The number of halogens is 1. The Labute approximate surface area is 189 Å². The third-order valence-electron chi connectivity index (χ3n) is 5.57. The predicted octanol–water partition coefficient (Wildman–Crippen LogP) is 4.15. The van der Waals surface area contributed by atoms with E-state index in [1.165, 1.54) is 17.4 Å². The van der Waals surface area contributed by atoms with Crippen LogP contribution in [0.2, 0.25) is 0 Å². The molecule has 2 aromatic carbocycles. The van der Waals surface area contributed by atoms with Gasteiger partial charge in [-0.1, -0.05) is 12.1 Å². The van der Waals surface area contributed by atoms with Crippen LogP contribution in [0.5, 0.6) is 17.2 Å². The molecule has 1 fully saturated rings. The van der Waals surface area contributed by atoms with E-state index in [1.54, 1.807) is 12.1 Å². The molecule has 2 aliphatic heterocycles. The minimum atomic E-state index is -0.215. The molecule has 0 radical (unpaired) electrons. The van der Waals surface area contributed by atoms with Gasteiger partial charge in [0.1, 0.15) is 18.2 Å². The van der Waals surface area contributed by atoms with E-state index in [0.717, 1.165) is 30.0 Å². The molecule has 8 heteroatoms. The lowest BCUT2D eigenvalue weighted by atomic mass is 10.2. The third kappa shape index (κ3) is 4.71. The number of nitrogens with zero attached hydrogens (tertiary/aromatic N) is 2. The molecule has 0 unspecified atom stereocenters. The fraction of sp³-hybridized carbons (Fsp3) is 0.292. The first-order chi connectivity index (χ1) is 15.6. The van der Waals surface area contributed by atoms with Crippen LogP contribution in [0, 0.1) is 5.82 Å². The Balaban J connectivity index is 1.12. The van der Waals surface area contributed by atoms with Crippen LogP contribution < -0.4 is 14.2 Å². The molecule has 0 aliphatic carbocycles. The Morgan fingerprint density at radius 3 is 2.69 bits per heavy atom. The number of hydrogen-bond donors (Lipinski definition) is 0. The highest BCUT2D eigenvalue weighted by Gasteiger charge is 2.23. The molecule has 0 bridgehead atoms. The van der Waals surface area contributed by atoms with Crippen molar-refractivity contribution >= 4 is 17.2 Å². The number of thiophene rings is 1. The Morgan fingerprint density at radius 2 is 1.84 bits per heavy atom. The van der Waals surface area contributed by atoms with Gasteiger partial charge in [-0.05, 0) is 41.3 Å². The molecule has 0 spiro atoms. The highest BCUT2D eigenvalue weighted by Crippen LogP contribution is 2.35. The maximum absolute atomic E-state index is 13.4. The molecular weight excluding hydrogens is 431 g/mol. The van der Waals surface area contributed by atoms with E-state index >= 15 is 0 Å². The smallest absolute Gasteiger partial charge is 0.264 e. The minimum absolute atomic E-state index is 0.0507. The van der Waals surface area contributed by atoms with Crippen molar-refractivity contribution in [2.24, 2.45) is 0 Å². The van der Waals surface area contributed by atoms with Crippen LogP contribution >= 0.6 is 11.3 Å². The van der Waals surface area contributed by atoms with Gasteiger partial charge in [-0.2, -0.15) is 0 Å². The summed E-state index contributed by atoms with van der Waals surface area (Å²) >= 11 is 1.44. The van der Waals surface area contributed by atoms with Crippen LogP contribution in [0.15, 0.2) is 53.9 Å². The number of carbonyl (C=O) groups excluding carboxylic acids is 1. The normalized spacial score (nSPS) is 15.7. The van der Waals surface area contributed by atoms with Gasteiger partial charge in [0.2, 0.25) is 6.79 Å². The maximum Gasteiger partial charge on any atom is 0.264 e. The number of fused-ring (bicyclic) bond motifs is 1. The number of carbonyl (C=O) groups is 1. The van der Waals surface area contributed by atoms with Crippen molar-refractivity contribution in [1.82, 2.24) is 9.80 Å². The number of amides is 1. The Hall–Kier alpha value is -3.10. The lowest BCUT2D eigenvalue weighted by molar-refractivity contribution is 0.0633. The highest BCUT2D eigenvalue weighted by atomic mass is 32.1. The van der Waals surface area contributed by atoms with Crippen LogP contribution in [0.1, 0.15) is 20.8 Å². The first-order valence-corrected chi connectivity index (χ1v) is 11.4. The number of ether oxygens (including phenoxy) is 3. The molecule has 0 saturated carbocycles. The molecule has 32 heavy (non-hydrogen) atoms. The molecular formula is C24H23FN2O4S. The van der Waals surface area contributed by atoms with Crippen molar-refractivity contribution in [1.29, 1.82) is 0 Å². The minimum Gasteiger partial charge on any atom is -0.489 e. The summed E-state index contributed by atoms with van der Waals surface area (Å²) in [6.45, 7) is 4.17. The van der Waals surface area contributed by atoms with Gasteiger partial charge in [0.25, 0.3) is 5.91 Å². The van der Waals surface area contributed by atoms with E-state index < -0.39 is 0 Å². The fourth-order valence-corrected chi connectivity index (χ4v) is 4.72. The van der Waals surface area contributed by atoms with Gasteiger partial charge in [0.15, 0.2) is 11.5 Å². The van der Waals surface area contributed by atoms with E-state index in [2.05, 4.69) is 4.90 Å². The second kappa shape index (κ2) is 9.18. The summed E-state index contributed by atoms with van der Waals surface area (Å²) in [6, 6.07) is 14.1. The van der Waals surface area contributed by atoms with E-state index in [1.807, 2.05) is 40.6 Å². The average molecular weight is 455 g/mol. The van der Waals surface area contributed by atoms with Crippen molar-refractivity contribution in [2.45, 2.75) is 13.2 Å². The summed E-state index contributed by atoms with van der Waals surface area (Å²) in [5.41, 5.74) is 1.91. The number of benzene rings is 2. The van der Waals surface area contributed by atoms with E-state index in [4.69, 9.17) is 14.2 Å². The van der Waals surface area contributed by atoms with Gasteiger partial charge in [-0.25, -0.2) is 4.39 Å². The quantitative estimate of drug-likeness (QED) is 0.560.